The predicted octanol–water partition coefficient (Wildman–Crippen LogP) is 4.12. The fourth-order valence-corrected chi connectivity index (χ4v) is 5.12. The van der Waals surface area contributed by atoms with Gasteiger partial charge in [0.2, 0.25) is 5.91 Å². The molecule has 3 aromatic heterocycles. The van der Waals surface area contributed by atoms with E-state index in [0.717, 1.165) is 17.8 Å². The Morgan fingerprint density at radius 1 is 1.24 bits per heavy atom. The summed E-state index contributed by atoms with van der Waals surface area (Å²) in [6, 6.07) is 5.78. The van der Waals surface area contributed by atoms with Gasteiger partial charge < -0.3 is 25.0 Å². The number of fused-ring (bicyclic) bond motifs is 1. The van der Waals surface area contributed by atoms with Crippen LogP contribution >= 0.6 is 11.3 Å². The topological polar surface area (TPSA) is 106 Å². The summed E-state index contributed by atoms with van der Waals surface area (Å²) in [5.74, 6) is 0.973. The molecule has 1 saturated heterocycles. The average molecular weight is 526 g/mol. The summed E-state index contributed by atoms with van der Waals surface area (Å²) < 4.78 is 26.7. The number of benzene rings is 1. The van der Waals surface area contributed by atoms with E-state index in [1.165, 1.54) is 55.7 Å². The van der Waals surface area contributed by atoms with Gasteiger partial charge in [0.25, 0.3) is 0 Å². The first-order valence-corrected chi connectivity index (χ1v) is 12.9. The number of amides is 1. The Hall–Kier alpha value is -3.77. The Labute approximate surface area is 217 Å². The van der Waals surface area contributed by atoms with Gasteiger partial charge in [0, 0.05) is 23.3 Å². The van der Waals surface area contributed by atoms with Crippen LogP contribution in [0.1, 0.15) is 24.1 Å². The minimum atomic E-state index is -0.408. The lowest BCUT2D eigenvalue weighted by molar-refractivity contribution is -0.115. The number of rotatable bonds is 11. The Morgan fingerprint density at radius 2 is 2.11 bits per heavy atom. The van der Waals surface area contributed by atoms with Crippen LogP contribution in [0.15, 0.2) is 43.0 Å². The van der Waals surface area contributed by atoms with E-state index in [2.05, 4.69) is 30.6 Å². The molecule has 1 amide bonds. The first-order valence-electron chi connectivity index (χ1n) is 12.1. The highest BCUT2D eigenvalue weighted by Crippen LogP contribution is 2.38. The van der Waals surface area contributed by atoms with Crippen LogP contribution in [0.3, 0.4) is 0 Å². The van der Waals surface area contributed by atoms with E-state index in [-0.39, 0.29) is 12.3 Å². The molecule has 1 aromatic carbocycles. The van der Waals surface area contributed by atoms with Crippen molar-refractivity contribution in [1.82, 2.24) is 24.5 Å². The van der Waals surface area contributed by atoms with Crippen LogP contribution in [0.4, 0.5) is 21.0 Å². The molecule has 0 saturated carbocycles. The van der Waals surface area contributed by atoms with E-state index < -0.39 is 5.82 Å². The van der Waals surface area contributed by atoms with Gasteiger partial charge in [-0.15, -0.1) is 11.3 Å². The molecule has 4 aromatic rings. The molecule has 5 rings (SSSR count). The number of aromatic nitrogens is 4. The van der Waals surface area contributed by atoms with Crippen LogP contribution in [-0.2, 0) is 11.2 Å². The van der Waals surface area contributed by atoms with E-state index in [4.69, 9.17) is 9.47 Å². The van der Waals surface area contributed by atoms with Crippen molar-refractivity contribution in [2.75, 3.05) is 44.0 Å². The molecule has 12 heteroatoms. The lowest BCUT2D eigenvalue weighted by Crippen LogP contribution is -2.21. The number of nitrogens with one attached hydrogen (secondary N) is 2. The zero-order chi connectivity index (χ0) is 25.6. The van der Waals surface area contributed by atoms with Crippen molar-refractivity contribution >= 4 is 39.4 Å². The smallest absolute Gasteiger partial charge is 0.229 e. The molecule has 0 unspecified atom stereocenters. The number of ether oxygens (including phenoxy) is 2. The number of halogens is 1. The number of nitrogens with zero attached hydrogens (tertiary/aromatic N) is 5. The fourth-order valence-electron chi connectivity index (χ4n) is 4.31. The molecule has 2 N–H and O–H groups in total. The molecular formula is C25H28FN7O3S. The first kappa shape index (κ1) is 24.9. The number of carbonyl (C=O) groups is 1. The molecule has 0 atom stereocenters. The molecule has 0 aliphatic carbocycles. The van der Waals surface area contributed by atoms with Gasteiger partial charge in [-0.2, -0.15) is 5.10 Å². The van der Waals surface area contributed by atoms with Gasteiger partial charge in [0.05, 0.1) is 26.3 Å². The van der Waals surface area contributed by atoms with Crippen molar-refractivity contribution in [3.63, 3.8) is 0 Å². The molecule has 1 aliphatic heterocycles. The van der Waals surface area contributed by atoms with Crippen LogP contribution in [0.25, 0.3) is 5.52 Å². The third-order valence-electron chi connectivity index (χ3n) is 6.00. The molecule has 37 heavy (non-hydrogen) atoms. The van der Waals surface area contributed by atoms with Gasteiger partial charge in [0.15, 0.2) is 28.0 Å². The molecular weight excluding hydrogens is 497 g/mol. The molecule has 0 radical (unpaired) electrons. The maximum absolute atomic E-state index is 13.4. The van der Waals surface area contributed by atoms with E-state index in [0.29, 0.717) is 40.3 Å². The van der Waals surface area contributed by atoms with E-state index in [1.807, 2.05) is 0 Å². The number of likely N-dealkylation sites (tertiary alicyclic amines) is 1. The van der Waals surface area contributed by atoms with Crippen LogP contribution in [0, 0.1) is 5.82 Å². The van der Waals surface area contributed by atoms with Gasteiger partial charge in [-0.05, 0) is 50.6 Å². The molecule has 0 bridgehead atoms. The van der Waals surface area contributed by atoms with Crippen molar-refractivity contribution in [3.8, 4) is 11.5 Å². The van der Waals surface area contributed by atoms with Crippen LogP contribution < -0.4 is 20.1 Å². The Bertz CT molecular complexity index is 1370. The zero-order valence-corrected chi connectivity index (χ0v) is 21.3. The van der Waals surface area contributed by atoms with Crippen molar-refractivity contribution < 1.29 is 18.7 Å². The highest BCUT2D eigenvalue weighted by Gasteiger charge is 2.20. The molecule has 1 fully saturated rings. The third-order valence-corrected chi connectivity index (χ3v) is 6.91. The number of methoxy groups -OCH3 is 1. The Kier molecular flexibility index (Phi) is 7.76. The quantitative estimate of drug-likeness (QED) is 0.282. The number of anilines is 3. The second kappa shape index (κ2) is 11.5. The predicted molar refractivity (Wildman–Crippen MR) is 139 cm³/mol. The van der Waals surface area contributed by atoms with Gasteiger partial charge >= 0.3 is 0 Å². The highest BCUT2D eigenvalue weighted by atomic mass is 32.1. The normalized spacial score (nSPS) is 13.7. The largest absolute Gasteiger partial charge is 0.491 e. The highest BCUT2D eigenvalue weighted by molar-refractivity contribution is 7.15. The summed E-state index contributed by atoms with van der Waals surface area (Å²) >= 11 is 1.32. The van der Waals surface area contributed by atoms with Crippen LogP contribution in [0.5, 0.6) is 11.5 Å². The molecule has 0 spiro atoms. The van der Waals surface area contributed by atoms with Crippen LogP contribution in [-0.4, -0.2) is 63.7 Å². The summed E-state index contributed by atoms with van der Waals surface area (Å²) in [6.45, 7) is 3.93. The van der Waals surface area contributed by atoms with Gasteiger partial charge in [-0.25, -0.2) is 18.9 Å². The number of thiazole rings is 1. The minimum absolute atomic E-state index is 0.110. The maximum Gasteiger partial charge on any atom is 0.229 e. The summed E-state index contributed by atoms with van der Waals surface area (Å²) in [4.78, 5) is 24.3. The first-order chi connectivity index (χ1) is 18.1. The Morgan fingerprint density at radius 3 is 2.92 bits per heavy atom. The standard InChI is InChI=1S/C25H28FN7O3S/c1-35-23-20(36-11-5-10-32-8-2-3-9-32)15-33-22(23)24(28-16-29-33)31-25-27-14-19(37-25)13-21(34)30-18-7-4-6-17(26)12-18/h4,6-7,12,14-16H,2-3,5,8-11,13H2,1H3,(H,30,34)(H,27,28,29,31). The van der Waals surface area contributed by atoms with E-state index in [9.17, 15) is 9.18 Å². The summed E-state index contributed by atoms with van der Waals surface area (Å²) in [7, 11) is 1.59. The zero-order valence-electron chi connectivity index (χ0n) is 20.4. The molecule has 4 heterocycles. The van der Waals surface area contributed by atoms with Crippen LogP contribution in [0.2, 0.25) is 0 Å². The summed E-state index contributed by atoms with van der Waals surface area (Å²) in [6.07, 6.45) is 8.43. The number of carbonyl (C=O) groups excluding carboxylic acids is 1. The summed E-state index contributed by atoms with van der Waals surface area (Å²) in [5.41, 5.74) is 1.03. The lowest BCUT2D eigenvalue weighted by Gasteiger charge is -2.14. The lowest BCUT2D eigenvalue weighted by atomic mass is 10.3. The second-order valence-electron chi connectivity index (χ2n) is 8.67. The van der Waals surface area contributed by atoms with Crippen molar-refractivity contribution in [2.45, 2.75) is 25.7 Å². The number of hydrogen-bond donors (Lipinski definition) is 2. The number of hydrogen-bond acceptors (Lipinski definition) is 9. The summed E-state index contributed by atoms with van der Waals surface area (Å²) in [5, 5.41) is 10.7. The van der Waals surface area contributed by atoms with Gasteiger partial charge in [-0.3, -0.25) is 4.79 Å². The molecule has 10 nitrogen and oxygen atoms in total. The van der Waals surface area contributed by atoms with Crippen molar-refractivity contribution in [1.29, 1.82) is 0 Å². The second-order valence-corrected chi connectivity index (χ2v) is 9.79. The molecule has 1 aliphatic rings. The minimum Gasteiger partial charge on any atom is -0.491 e. The van der Waals surface area contributed by atoms with Crippen molar-refractivity contribution in [3.05, 3.63) is 53.7 Å². The van der Waals surface area contributed by atoms with Crippen molar-refractivity contribution in [2.24, 2.45) is 0 Å². The van der Waals surface area contributed by atoms with E-state index in [1.54, 1.807) is 36.2 Å². The third kappa shape index (κ3) is 6.15. The van der Waals surface area contributed by atoms with Gasteiger partial charge in [-0.1, -0.05) is 6.07 Å². The van der Waals surface area contributed by atoms with Gasteiger partial charge in [0.1, 0.15) is 12.1 Å². The monoisotopic (exact) mass is 525 g/mol. The average Bonchev–Trinajstić information content (AvgIpc) is 3.62. The fraction of sp³-hybridized carbons (Fsp3) is 0.360. The maximum atomic E-state index is 13.4. The SMILES string of the molecule is COc1c(OCCCN2CCCC2)cn2ncnc(Nc3ncc(CC(=O)Nc4cccc(F)c4)s3)c12. The van der Waals surface area contributed by atoms with E-state index >= 15 is 0 Å². The molecule has 194 valence electrons. The Balaban J connectivity index is 1.24.